The second-order valence-corrected chi connectivity index (χ2v) is 4.20. The molecule has 108 valence electrons. The zero-order valence-corrected chi connectivity index (χ0v) is 10.9. The molecule has 1 rings (SSSR count). The molecule has 1 amide bonds. The van der Waals surface area contributed by atoms with Crippen LogP contribution in [0.1, 0.15) is 6.42 Å². The van der Waals surface area contributed by atoms with E-state index in [4.69, 9.17) is 5.11 Å². The number of carbonyl (C=O) groups excluding carboxylic acids is 1. The third kappa shape index (κ3) is 5.02. The standard InChI is InChI=1S/C12H15N3O5/c1-14(7-6-12(17)18)8-11(16)13-9-4-2-3-5-10(9)15(19)20/h2-5H,6-8H2,1H3,(H,13,16)(H,17,18). The van der Waals surface area contributed by atoms with E-state index in [1.165, 1.54) is 23.1 Å². The number of hydrogen-bond acceptors (Lipinski definition) is 5. The van der Waals surface area contributed by atoms with Crippen molar-refractivity contribution < 1.29 is 19.6 Å². The van der Waals surface area contributed by atoms with Gasteiger partial charge in [-0.05, 0) is 13.1 Å². The molecule has 0 saturated heterocycles. The summed E-state index contributed by atoms with van der Waals surface area (Å²) >= 11 is 0. The lowest BCUT2D eigenvalue weighted by atomic mass is 10.2. The van der Waals surface area contributed by atoms with E-state index in [2.05, 4.69) is 5.32 Å². The van der Waals surface area contributed by atoms with Crippen LogP contribution in [0.2, 0.25) is 0 Å². The first kappa shape index (κ1) is 15.6. The van der Waals surface area contributed by atoms with Crippen molar-refractivity contribution in [2.75, 3.05) is 25.5 Å². The first-order valence-corrected chi connectivity index (χ1v) is 5.83. The monoisotopic (exact) mass is 281 g/mol. The predicted octanol–water partition coefficient (Wildman–Crippen LogP) is 0.940. The summed E-state index contributed by atoms with van der Waals surface area (Å²) in [4.78, 5) is 33.8. The summed E-state index contributed by atoms with van der Waals surface area (Å²) in [7, 11) is 1.60. The number of benzene rings is 1. The van der Waals surface area contributed by atoms with Crippen LogP contribution in [0, 0.1) is 10.1 Å². The first-order valence-electron chi connectivity index (χ1n) is 5.83. The number of aliphatic carboxylic acids is 1. The Morgan fingerprint density at radius 2 is 2.05 bits per heavy atom. The second-order valence-electron chi connectivity index (χ2n) is 4.20. The maximum atomic E-state index is 11.7. The van der Waals surface area contributed by atoms with Crippen molar-refractivity contribution in [3.63, 3.8) is 0 Å². The number of hydrogen-bond donors (Lipinski definition) is 2. The van der Waals surface area contributed by atoms with E-state index < -0.39 is 16.8 Å². The number of amides is 1. The Kier molecular flexibility index (Phi) is 5.60. The Morgan fingerprint density at radius 3 is 2.65 bits per heavy atom. The topological polar surface area (TPSA) is 113 Å². The molecular weight excluding hydrogens is 266 g/mol. The van der Waals surface area contributed by atoms with Crippen LogP contribution in [0.3, 0.4) is 0 Å². The zero-order chi connectivity index (χ0) is 15.1. The highest BCUT2D eigenvalue weighted by Gasteiger charge is 2.15. The average molecular weight is 281 g/mol. The minimum atomic E-state index is -0.948. The number of rotatable bonds is 7. The molecule has 0 atom stereocenters. The molecule has 2 N–H and O–H groups in total. The number of nitrogens with one attached hydrogen (secondary N) is 1. The van der Waals surface area contributed by atoms with Gasteiger partial charge in [0.15, 0.2) is 0 Å². The lowest BCUT2D eigenvalue weighted by Gasteiger charge is -2.14. The first-order chi connectivity index (χ1) is 9.40. The fraction of sp³-hybridized carbons (Fsp3) is 0.333. The van der Waals surface area contributed by atoms with Gasteiger partial charge in [0.05, 0.1) is 17.9 Å². The number of carboxylic acid groups (broad SMARTS) is 1. The molecule has 20 heavy (non-hydrogen) atoms. The molecule has 0 radical (unpaired) electrons. The van der Waals surface area contributed by atoms with Gasteiger partial charge in [0, 0.05) is 12.6 Å². The molecular formula is C12H15N3O5. The molecule has 0 unspecified atom stereocenters. The lowest BCUT2D eigenvalue weighted by Crippen LogP contribution is -2.31. The normalized spacial score (nSPS) is 10.3. The van der Waals surface area contributed by atoms with Crippen molar-refractivity contribution in [3.05, 3.63) is 34.4 Å². The van der Waals surface area contributed by atoms with Crippen LogP contribution >= 0.6 is 0 Å². The van der Waals surface area contributed by atoms with Gasteiger partial charge in [0.2, 0.25) is 5.91 Å². The van der Waals surface area contributed by atoms with E-state index >= 15 is 0 Å². The van der Waals surface area contributed by atoms with Crippen molar-refractivity contribution in [3.8, 4) is 0 Å². The van der Waals surface area contributed by atoms with Gasteiger partial charge in [-0.15, -0.1) is 0 Å². The van der Waals surface area contributed by atoms with Crippen molar-refractivity contribution in [1.29, 1.82) is 0 Å². The van der Waals surface area contributed by atoms with Gasteiger partial charge < -0.3 is 10.4 Å². The molecule has 1 aromatic carbocycles. The molecule has 0 heterocycles. The Morgan fingerprint density at radius 1 is 1.40 bits per heavy atom. The van der Waals surface area contributed by atoms with Crippen LogP contribution in [0.25, 0.3) is 0 Å². The van der Waals surface area contributed by atoms with Gasteiger partial charge >= 0.3 is 5.97 Å². The molecule has 0 saturated carbocycles. The molecule has 0 aliphatic heterocycles. The molecule has 0 aliphatic rings. The van der Waals surface area contributed by atoms with Crippen LogP contribution in [0.4, 0.5) is 11.4 Å². The fourth-order valence-electron chi connectivity index (χ4n) is 1.54. The van der Waals surface area contributed by atoms with E-state index in [1.807, 2.05) is 0 Å². The summed E-state index contributed by atoms with van der Waals surface area (Å²) in [6.07, 6.45) is -0.0741. The quantitative estimate of drug-likeness (QED) is 0.568. The number of carbonyl (C=O) groups is 2. The molecule has 0 aliphatic carbocycles. The summed E-state index contributed by atoms with van der Waals surface area (Å²) < 4.78 is 0. The lowest BCUT2D eigenvalue weighted by molar-refractivity contribution is -0.383. The largest absolute Gasteiger partial charge is 0.481 e. The smallest absolute Gasteiger partial charge is 0.304 e. The number of nitro benzene ring substituents is 1. The Hall–Kier alpha value is -2.48. The number of nitrogens with zero attached hydrogens (tertiary/aromatic N) is 2. The Labute approximate surface area is 115 Å². The summed E-state index contributed by atoms with van der Waals surface area (Å²) in [5.41, 5.74) is -0.0665. The summed E-state index contributed by atoms with van der Waals surface area (Å²) in [6.45, 7) is 0.180. The Balaban J connectivity index is 2.58. The van der Waals surface area contributed by atoms with Crippen LogP contribution in [0.5, 0.6) is 0 Å². The molecule has 8 nitrogen and oxygen atoms in total. The molecule has 0 fully saturated rings. The van der Waals surface area contributed by atoms with Crippen LogP contribution in [-0.2, 0) is 9.59 Å². The van der Waals surface area contributed by atoms with Crippen molar-refractivity contribution in [2.24, 2.45) is 0 Å². The van der Waals surface area contributed by atoms with Gasteiger partial charge in [0.1, 0.15) is 5.69 Å². The number of likely N-dealkylation sites (N-methyl/N-ethyl adjacent to an activating group) is 1. The van der Waals surface area contributed by atoms with Gasteiger partial charge in [0.25, 0.3) is 5.69 Å². The number of carboxylic acids is 1. The predicted molar refractivity (Wildman–Crippen MR) is 71.5 cm³/mol. The van der Waals surface area contributed by atoms with Gasteiger partial charge in [-0.2, -0.15) is 0 Å². The SMILES string of the molecule is CN(CCC(=O)O)CC(=O)Nc1ccccc1[N+](=O)[O-]. The Bertz CT molecular complexity index is 518. The number of anilines is 1. The van der Waals surface area contributed by atoms with Crippen molar-refractivity contribution in [1.82, 2.24) is 4.90 Å². The summed E-state index contributed by atoms with van der Waals surface area (Å²) in [6, 6.07) is 5.82. The van der Waals surface area contributed by atoms with Gasteiger partial charge in [-0.3, -0.25) is 24.6 Å². The minimum absolute atomic E-state index is 0.0423. The average Bonchev–Trinajstić information content (AvgIpc) is 2.36. The highest BCUT2D eigenvalue weighted by molar-refractivity contribution is 5.94. The van der Waals surface area contributed by atoms with Crippen LogP contribution in [0.15, 0.2) is 24.3 Å². The van der Waals surface area contributed by atoms with E-state index in [-0.39, 0.29) is 30.9 Å². The number of nitro groups is 1. The van der Waals surface area contributed by atoms with Gasteiger partial charge in [-0.25, -0.2) is 0 Å². The highest BCUT2D eigenvalue weighted by Crippen LogP contribution is 2.22. The third-order valence-corrected chi connectivity index (χ3v) is 2.50. The summed E-state index contributed by atoms with van der Waals surface area (Å²) in [5, 5.41) is 21.7. The number of para-hydroxylation sites is 2. The summed E-state index contributed by atoms with van der Waals surface area (Å²) in [5.74, 6) is -1.39. The van der Waals surface area contributed by atoms with Crippen molar-refractivity contribution >= 4 is 23.3 Å². The van der Waals surface area contributed by atoms with E-state index in [0.717, 1.165) is 0 Å². The maximum Gasteiger partial charge on any atom is 0.304 e. The molecule has 0 bridgehead atoms. The minimum Gasteiger partial charge on any atom is -0.481 e. The van der Waals surface area contributed by atoms with Crippen molar-refractivity contribution in [2.45, 2.75) is 6.42 Å². The molecule has 0 aromatic heterocycles. The van der Waals surface area contributed by atoms with E-state index in [1.54, 1.807) is 13.1 Å². The van der Waals surface area contributed by atoms with E-state index in [9.17, 15) is 19.7 Å². The second kappa shape index (κ2) is 7.19. The maximum absolute atomic E-state index is 11.7. The van der Waals surface area contributed by atoms with Gasteiger partial charge in [-0.1, -0.05) is 12.1 Å². The highest BCUT2D eigenvalue weighted by atomic mass is 16.6. The third-order valence-electron chi connectivity index (χ3n) is 2.50. The fourth-order valence-corrected chi connectivity index (χ4v) is 1.54. The molecule has 1 aromatic rings. The van der Waals surface area contributed by atoms with Crippen LogP contribution < -0.4 is 5.32 Å². The zero-order valence-electron chi connectivity index (χ0n) is 10.9. The van der Waals surface area contributed by atoms with Crippen LogP contribution in [-0.4, -0.2) is 46.9 Å². The molecule has 8 heteroatoms. The molecule has 0 spiro atoms. The van der Waals surface area contributed by atoms with E-state index in [0.29, 0.717) is 0 Å².